The monoisotopic (exact) mass is 306 g/mol. The molecule has 0 bridgehead atoms. The molecule has 0 aliphatic carbocycles. The lowest BCUT2D eigenvalue weighted by Gasteiger charge is -2.12. The van der Waals surface area contributed by atoms with Crippen LogP contribution in [-0.4, -0.2) is 30.3 Å². The van der Waals surface area contributed by atoms with Gasteiger partial charge in [0.05, 0.1) is 12.3 Å². The number of methoxy groups -OCH3 is 1. The van der Waals surface area contributed by atoms with Gasteiger partial charge in [-0.25, -0.2) is 9.97 Å². The zero-order chi connectivity index (χ0) is 15.2. The molecule has 0 unspecified atom stereocenters. The van der Waals surface area contributed by atoms with Crippen molar-refractivity contribution in [2.24, 2.45) is 0 Å². The SMILES string of the molecule is COCCOc1ccccc1-c1cc(Cl)nc(C(C)C)n1. The van der Waals surface area contributed by atoms with Gasteiger partial charge < -0.3 is 9.47 Å². The van der Waals surface area contributed by atoms with Gasteiger partial charge in [0, 0.05) is 24.7 Å². The normalized spacial score (nSPS) is 10.9. The summed E-state index contributed by atoms with van der Waals surface area (Å²) in [5.41, 5.74) is 1.67. The van der Waals surface area contributed by atoms with Crippen molar-refractivity contribution in [3.05, 3.63) is 41.3 Å². The Hall–Kier alpha value is -1.65. The van der Waals surface area contributed by atoms with Crippen LogP contribution in [0.4, 0.5) is 0 Å². The number of rotatable bonds is 6. The van der Waals surface area contributed by atoms with Crippen LogP contribution in [0.3, 0.4) is 0 Å². The van der Waals surface area contributed by atoms with Crippen molar-refractivity contribution >= 4 is 11.6 Å². The Morgan fingerprint density at radius 2 is 1.90 bits per heavy atom. The van der Waals surface area contributed by atoms with Gasteiger partial charge in [0.2, 0.25) is 0 Å². The average Bonchev–Trinajstić information content (AvgIpc) is 2.47. The highest BCUT2D eigenvalue weighted by Gasteiger charge is 2.12. The lowest BCUT2D eigenvalue weighted by molar-refractivity contribution is 0.146. The molecule has 0 N–H and O–H groups in total. The number of hydrogen-bond acceptors (Lipinski definition) is 4. The lowest BCUT2D eigenvalue weighted by Crippen LogP contribution is -2.06. The van der Waals surface area contributed by atoms with Crippen LogP contribution in [0.15, 0.2) is 30.3 Å². The van der Waals surface area contributed by atoms with Crippen LogP contribution in [0.25, 0.3) is 11.3 Å². The highest BCUT2D eigenvalue weighted by Crippen LogP contribution is 2.30. The third-order valence-corrected chi connectivity index (χ3v) is 3.13. The van der Waals surface area contributed by atoms with E-state index in [1.54, 1.807) is 13.2 Å². The summed E-state index contributed by atoms with van der Waals surface area (Å²) in [6.45, 7) is 5.10. The number of benzene rings is 1. The van der Waals surface area contributed by atoms with Gasteiger partial charge in [-0.3, -0.25) is 0 Å². The van der Waals surface area contributed by atoms with E-state index in [2.05, 4.69) is 9.97 Å². The van der Waals surface area contributed by atoms with E-state index < -0.39 is 0 Å². The van der Waals surface area contributed by atoms with Crippen molar-refractivity contribution in [2.75, 3.05) is 20.3 Å². The first-order valence-corrected chi connectivity index (χ1v) is 7.25. The van der Waals surface area contributed by atoms with E-state index >= 15 is 0 Å². The van der Waals surface area contributed by atoms with E-state index in [0.717, 1.165) is 22.8 Å². The Kier molecular flexibility index (Phi) is 5.53. The molecule has 1 aromatic carbocycles. The van der Waals surface area contributed by atoms with Gasteiger partial charge in [-0.15, -0.1) is 0 Å². The fourth-order valence-corrected chi connectivity index (χ4v) is 2.06. The van der Waals surface area contributed by atoms with Gasteiger partial charge >= 0.3 is 0 Å². The molecule has 21 heavy (non-hydrogen) atoms. The first-order chi connectivity index (χ1) is 10.1. The predicted octanol–water partition coefficient (Wildman–Crippen LogP) is 3.95. The van der Waals surface area contributed by atoms with E-state index in [1.807, 2.05) is 38.1 Å². The lowest BCUT2D eigenvalue weighted by atomic mass is 10.1. The number of halogens is 1. The summed E-state index contributed by atoms with van der Waals surface area (Å²) in [7, 11) is 1.65. The van der Waals surface area contributed by atoms with Crippen LogP contribution < -0.4 is 4.74 Å². The second-order valence-electron chi connectivity index (χ2n) is 4.93. The molecule has 0 saturated heterocycles. The molecule has 4 nitrogen and oxygen atoms in total. The fraction of sp³-hybridized carbons (Fsp3) is 0.375. The maximum absolute atomic E-state index is 6.11. The third-order valence-electron chi connectivity index (χ3n) is 2.94. The summed E-state index contributed by atoms with van der Waals surface area (Å²) in [6, 6.07) is 9.51. The molecule has 1 aromatic heterocycles. The number of nitrogens with zero attached hydrogens (tertiary/aromatic N) is 2. The highest BCUT2D eigenvalue weighted by molar-refractivity contribution is 6.29. The predicted molar refractivity (Wildman–Crippen MR) is 83.9 cm³/mol. The second kappa shape index (κ2) is 7.38. The number of hydrogen-bond donors (Lipinski definition) is 0. The zero-order valence-corrected chi connectivity index (χ0v) is 13.2. The minimum Gasteiger partial charge on any atom is -0.490 e. The van der Waals surface area contributed by atoms with E-state index in [0.29, 0.717) is 18.4 Å². The third kappa shape index (κ3) is 4.16. The number of aromatic nitrogens is 2. The second-order valence-corrected chi connectivity index (χ2v) is 5.31. The smallest absolute Gasteiger partial charge is 0.133 e. The van der Waals surface area contributed by atoms with Crippen LogP contribution in [0.1, 0.15) is 25.6 Å². The van der Waals surface area contributed by atoms with Gasteiger partial charge in [0.1, 0.15) is 23.3 Å². The van der Waals surface area contributed by atoms with E-state index in [4.69, 9.17) is 21.1 Å². The summed E-state index contributed by atoms with van der Waals surface area (Å²) in [5, 5.41) is 0.440. The molecule has 1 heterocycles. The Morgan fingerprint density at radius 1 is 1.14 bits per heavy atom. The molecule has 0 aliphatic heterocycles. The van der Waals surface area contributed by atoms with Crippen LogP contribution >= 0.6 is 11.6 Å². The molecule has 2 rings (SSSR count). The molecule has 0 fully saturated rings. The summed E-state index contributed by atoms with van der Waals surface area (Å²) < 4.78 is 10.8. The van der Waals surface area contributed by atoms with Gasteiger partial charge in [0.25, 0.3) is 0 Å². The molecule has 0 amide bonds. The van der Waals surface area contributed by atoms with Crippen LogP contribution in [0.2, 0.25) is 5.15 Å². The summed E-state index contributed by atoms with van der Waals surface area (Å²) in [5.74, 6) is 1.70. The summed E-state index contributed by atoms with van der Waals surface area (Å²) in [4.78, 5) is 8.84. The molecule has 0 atom stereocenters. The Morgan fingerprint density at radius 3 is 2.62 bits per heavy atom. The van der Waals surface area contributed by atoms with E-state index in [-0.39, 0.29) is 5.92 Å². The standard InChI is InChI=1S/C16H19ClN2O2/c1-11(2)16-18-13(10-15(17)19-16)12-6-4-5-7-14(12)21-9-8-20-3/h4-7,10-11H,8-9H2,1-3H3. The molecular formula is C16H19ClN2O2. The zero-order valence-electron chi connectivity index (χ0n) is 12.5. The minimum atomic E-state index is 0.212. The average molecular weight is 307 g/mol. The summed E-state index contributed by atoms with van der Waals surface area (Å²) >= 11 is 6.11. The number of para-hydroxylation sites is 1. The van der Waals surface area contributed by atoms with Crippen molar-refractivity contribution in [3.63, 3.8) is 0 Å². The topological polar surface area (TPSA) is 44.2 Å². The maximum atomic E-state index is 6.11. The first-order valence-electron chi connectivity index (χ1n) is 6.87. The molecule has 0 spiro atoms. The van der Waals surface area contributed by atoms with E-state index in [9.17, 15) is 0 Å². The fourth-order valence-electron chi connectivity index (χ4n) is 1.87. The molecule has 0 aliphatic rings. The minimum absolute atomic E-state index is 0.212. The van der Waals surface area contributed by atoms with E-state index in [1.165, 1.54) is 0 Å². The molecule has 112 valence electrons. The Balaban J connectivity index is 2.37. The van der Waals surface area contributed by atoms with Gasteiger partial charge in [-0.1, -0.05) is 37.6 Å². The summed E-state index contributed by atoms with van der Waals surface area (Å²) in [6.07, 6.45) is 0. The molecule has 0 radical (unpaired) electrons. The van der Waals surface area contributed by atoms with Crippen LogP contribution in [0, 0.1) is 0 Å². The van der Waals surface area contributed by atoms with Crippen LogP contribution in [0.5, 0.6) is 5.75 Å². The van der Waals surface area contributed by atoms with Crippen LogP contribution in [-0.2, 0) is 4.74 Å². The quantitative estimate of drug-likeness (QED) is 0.599. The molecule has 0 saturated carbocycles. The molecular weight excluding hydrogens is 288 g/mol. The van der Waals surface area contributed by atoms with Crippen molar-refractivity contribution < 1.29 is 9.47 Å². The highest BCUT2D eigenvalue weighted by atomic mass is 35.5. The molecule has 5 heteroatoms. The van der Waals surface area contributed by atoms with Crippen molar-refractivity contribution in [1.82, 2.24) is 9.97 Å². The Bertz CT molecular complexity index is 603. The largest absolute Gasteiger partial charge is 0.490 e. The number of ether oxygens (including phenoxy) is 2. The van der Waals surface area contributed by atoms with Gasteiger partial charge in [-0.2, -0.15) is 0 Å². The van der Waals surface area contributed by atoms with Gasteiger partial charge in [0.15, 0.2) is 0 Å². The van der Waals surface area contributed by atoms with Crippen molar-refractivity contribution in [2.45, 2.75) is 19.8 Å². The maximum Gasteiger partial charge on any atom is 0.133 e. The van der Waals surface area contributed by atoms with Crippen molar-refractivity contribution in [3.8, 4) is 17.0 Å². The van der Waals surface area contributed by atoms with Crippen molar-refractivity contribution in [1.29, 1.82) is 0 Å². The van der Waals surface area contributed by atoms with Gasteiger partial charge in [-0.05, 0) is 12.1 Å². The first kappa shape index (κ1) is 15.7. The molecule has 2 aromatic rings. The Labute approximate surface area is 130 Å².